The van der Waals surface area contributed by atoms with E-state index in [4.69, 9.17) is 15.0 Å². The van der Waals surface area contributed by atoms with E-state index in [1.807, 2.05) is 12.1 Å². The Bertz CT molecular complexity index is 2990. The van der Waals surface area contributed by atoms with Crippen molar-refractivity contribution in [2.45, 2.75) is 0 Å². The van der Waals surface area contributed by atoms with E-state index < -0.39 is 0 Å². The van der Waals surface area contributed by atoms with Gasteiger partial charge < -0.3 is 0 Å². The maximum absolute atomic E-state index is 5.22. The van der Waals surface area contributed by atoms with Crippen molar-refractivity contribution in [3.63, 3.8) is 0 Å². The predicted octanol–water partition coefficient (Wildman–Crippen LogP) is 13.3. The van der Waals surface area contributed by atoms with Crippen LogP contribution in [-0.2, 0) is 0 Å². The fraction of sp³-hybridized carbons (Fsp3) is 0. The molecular formula is C51H33N3. The van der Waals surface area contributed by atoms with Crippen molar-refractivity contribution in [1.82, 2.24) is 15.0 Å². The Labute approximate surface area is 313 Å². The molecule has 0 aliphatic heterocycles. The molecule has 0 amide bonds. The van der Waals surface area contributed by atoms with Gasteiger partial charge in [0, 0.05) is 16.7 Å². The summed E-state index contributed by atoms with van der Waals surface area (Å²) in [7, 11) is 0. The Balaban J connectivity index is 1.15. The minimum Gasteiger partial charge on any atom is -0.208 e. The van der Waals surface area contributed by atoms with Gasteiger partial charge >= 0.3 is 0 Å². The maximum Gasteiger partial charge on any atom is 0.164 e. The molecule has 3 heteroatoms. The van der Waals surface area contributed by atoms with Crippen molar-refractivity contribution in [3.8, 4) is 67.5 Å². The number of aromatic nitrogens is 3. The molecule has 10 aromatic rings. The van der Waals surface area contributed by atoms with Gasteiger partial charge in [-0.1, -0.05) is 164 Å². The van der Waals surface area contributed by atoms with Gasteiger partial charge in [-0.05, 0) is 102 Å². The summed E-state index contributed by atoms with van der Waals surface area (Å²) in [5, 5.41) is 7.04. The lowest BCUT2D eigenvalue weighted by molar-refractivity contribution is 1.08. The van der Waals surface area contributed by atoms with Crippen molar-refractivity contribution in [1.29, 1.82) is 0 Å². The molecule has 0 saturated heterocycles. The fourth-order valence-electron chi connectivity index (χ4n) is 7.46. The van der Waals surface area contributed by atoms with E-state index in [0.717, 1.165) is 49.7 Å². The molecule has 3 nitrogen and oxygen atoms in total. The second-order valence-corrected chi connectivity index (χ2v) is 13.7. The number of nitrogens with zero attached hydrogens (tertiary/aromatic N) is 3. The quantitative estimate of drug-likeness (QED) is 0.175. The molecule has 9 aromatic carbocycles. The molecule has 0 aliphatic rings. The normalized spacial score (nSPS) is 11.3. The average Bonchev–Trinajstić information content (AvgIpc) is 3.26. The highest BCUT2D eigenvalue weighted by Crippen LogP contribution is 2.36. The summed E-state index contributed by atoms with van der Waals surface area (Å²) in [6.07, 6.45) is 0. The molecule has 0 N–H and O–H groups in total. The Morgan fingerprint density at radius 1 is 0.222 bits per heavy atom. The van der Waals surface area contributed by atoms with Crippen molar-refractivity contribution in [3.05, 3.63) is 200 Å². The fourth-order valence-corrected chi connectivity index (χ4v) is 7.46. The smallest absolute Gasteiger partial charge is 0.164 e. The molecule has 0 aliphatic carbocycles. The lowest BCUT2D eigenvalue weighted by Crippen LogP contribution is -2.01. The molecule has 1 heterocycles. The highest BCUT2D eigenvalue weighted by molar-refractivity contribution is 6.01. The zero-order valence-corrected chi connectivity index (χ0v) is 29.4. The van der Waals surface area contributed by atoms with Crippen LogP contribution < -0.4 is 0 Å². The molecule has 0 bridgehead atoms. The van der Waals surface area contributed by atoms with Crippen LogP contribution in [0.4, 0.5) is 0 Å². The van der Waals surface area contributed by atoms with E-state index in [1.165, 1.54) is 32.7 Å². The first-order valence-corrected chi connectivity index (χ1v) is 18.3. The van der Waals surface area contributed by atoms with Crippen molar-refractivity contribution in [2.24, 2.45) is 0 Å². The molecule has 10 rings (SSSR count). The Kier molecular flexibility index (Phi) is 7.81. The first kappa shape index (κ1) is 31.5. The minimum absolute atomic E-state index is 0.632. The summed E-state index contributed by atoms with van der Waals surface area (Å²) >= 11 is 0. The second-order valence-electron chi connectivity index (χ2n) is 13.7. The highest BCUT2D eigenvalue weighted by Gasteiger charge is 2.16. The highest BCUT2D eigenvalue weighted by atomic mass is 15.0. The second kappa shape index (κ2) is 13.4. The lowest BCUT2D eigenvalue weighted by atomic mass is 9.94. The van der Waals surface area contributed by atoms with Gasteiger partial charge in [-0.2, -0.15) is 0 Å². The van der Waals surface area contributed by atoms with Crippen molar-refractivity contribution >= 4 is 32.3 Å². The van der Waals surface area contributed by atoms with Gasteiger partial charge in [0.15, 0.2) is 17.5 Å². The van der Waals surface area contributed by atoms with Crippen LogP contribution in [0.25, 0.3) is 99.9 Å². The number of rotatable bonds is 6. The molecule has 0 spiro atoms. The lowest BCUT2D eigenvalue weighted by Gasteiger charge is -2.13. The Hall–Kier alpha value is -7.23. The summed E-state index contributed by atoms with van der Waals surface area (Å²) < 4.78 is 0. The molecule has 0 saturated carbocycles. The average molecular weight is 688 g/mol. The first-order chi connectivity index (χ1) is 26.7. The summed E-state index contributed by atoms with van der Waals surface area (Å²) in [5.74, 6) is 1.90. The molecule has 252 valence electrons. The van der Waals surface area contributed by atoms with Crippen LogP contribution in [0.5, 0.6) is 0 Å². The van der Waals surface area contributed by atoms with Crippen molar-refractivity contribution < 1.29 is 0 Å². The Morgan fingerprint density at radius 2 is 0.648 bits per heavy atom. The van der Waals surface area contributed by atoms with Gasteiger partial charge in [-0.25, -0.2) is 15.0 Å². The van der Waals surface area contributed by atoms with E-state index in [1.54, 1.807) is 0 Å². The van der Waals surface area contributed by atoms with E-state index in [-0.39, 0.29) is 0 Å². The van der Waals surface area contributed by atoms with Crippen LogP contribution >= 0.6 is 0 Å². The van der Waals surface area contributed by atoms with Gasteiger partial charge in [0.2, 0.25) is 0 Å². The maximum atomic E-state index is 5.22. The summed E-state index contributed by atoms with van der Waals surface area (Å²) in [6, 6.07) is 70.7. The van der Waals surface area contributed by atoms with Crippen molar-refractivity contribution in [2.75, 3.05) is 0 Å². The first-order valence-electron chi connectivity index (χ1n) is 18.3. The summed E-state index contributed by atoms with van der Waals surface area (Å²) in [5.41, 5.74) is 9.76. The van der Waals surface area contributed by atoms with Crippen LogP contribution in [0, 0.1) is 0 Å². The third kappa shape index (κ3) is 5.98. The standard InChI is InChI=1S/C51H33N3/c1-3-12-34(13-4-1)38-19-11-20-44(30-38)49-52-50(45-27-25-40-28-39(23-24-41(40)31-45)35-14-5-2-6-15-35)54-51(53-49)46-32-42-18-9-10-21-47(42)48(33-46)43-26-22-36-16-7-8-17-37(36)29-43/h1-33H. The third-order valence-corrected chi connectivity index (χ3v) is 10.2. The zero-order valence-electron chi connectivity index (χ0n) is 29.4. The van der Waals surface area contributed by atoms with Gasteiger partial charge in [0.25, 0.3) is 0 Å². The van der Waals surface area contributed by atoms with Crippen LogP contribution in [-0.4, -0.2) is 15.0 Å². The number of hydrogen-bond acceptors (Lipinski definition) is 3. The largest absolute Gasteiger partial charge is 0.208 e. The SMILES string of the molecule is c1ccc(-c2cccc(-c3nc(-c4ccc5cc(-c6ccccc6)ccc5c4)nc(-c4cc(-c5ccc6ccccc6c5)c5ccccc5c4)n3)c2)cc1. The number of hydrogen-bond donors (Lipinski definition) is 0. The van der Waals surface area contributed by atoms with E-state index in [0.29, 0.717) is 17.5 Å². The van der Waals surface area contributed by atoms with Crippen LogP contribution in [0.15, 0.2) is 200 Å². The monoisotopic (exact) mass is 687 g/mol. The molecule has 0 radical (unpaired) electrons. The topological polar surface area (TPSA) is 38.7 Å². The van der Waals surface area contributed by atoms with Gasteiger partial charge in [-0.15, -0.1) is 0 Å². The van der Waals surface area contributed by atoms with Gasteiger partial charge in [0.1, 0.15) is 0 Å². The predicted molar refractivity (Wildman–Crippen MR) is 225 cm³/mol. The molecule has 0 unspecified atom stereocenters. The number of benzene rings is 9. The molecule has 1 aromatic heterocycles. The van der Waals surface area contributed by atoms with E-state index >= 15 is 0 Å². The minimum atomic E-state index is 0.632. The Morgan fingerprint density at radius 3 is 1.37 bits per heavy atom. The third-order valence-electron chi connectivity index (χ3n) is 10.2. The van der Waals surface area contributed by atoms with Crippen LogP contribution in [0.3, 0.4) is 0 Å². The molecule has 54 heavy (non-hydrogen) atoms. The summed E-state index contributed by atoms with van der Waals surface area (Å²) in [6.45, 7) is 0. The molecule has 0 fully saturated rings. The van der Waals surface area contributed by atoms with Crippen LogP contribution in [0.1, 0.15) is 0 Å². The van der Waals surface area contributed by atoms with Gasteiger partial charge in [-0.3, -0.25) is 0 Å². The summed E-state index contributed by atoms with van der Waals surface area (Å²) in [4.78, 5) is 15.6. The van der Waals surface area contributed by atoms with Crippen LogP contribution in [0.2, 0.25) is 0 Å². The zero-order chi connectivity index (χ0) is 35.8. The van der Waals surface area contributed by atoms with E-state index in [2.05, 4.69) is 188 Å². The van der Waals surface area contributed by atoms with E-state index in [9.17, 15) is 0 Å². The number of fused-ring (bicyclic) bond motifs is 3. The van der Waals surface area contributed by atoms with Gasteiger partial charge in [0.05, 0.1) is 0 Å². The molecular weight excluding hydrogens is 655 g/mol. The molecule has 0 atom stereocenters.